The smallest absolute Gasteiger partial charge is 0.251 e. The molecule has 4 nitrogen and oxygen atoms in total. The Morgan fingerprint density at radius 2 is 1.80 bits per heavy atom. The van der Waals surface area contributed by atoms with Crippen LogP contribution in [0.25, 0.3) is 0 Å². The van der Waals surface area contributed by atoms with Crippen molar-refractivity contribution < 1.29 is 9.18 Å². The number of benzene rings is 1. The number of hydrogen-bond donors (Lipinski definition) is 1. The van der Waals surface area contributed by atoms with Gasteiger partial charge in [0.1, 0.15) is 5.82 Å². The SMILES string of the molecule is Cn1cccc1C(CNC(=O)c1ccc(F)cc1)N1CCCCCC1. The predicted octanol–water partition coefficient (Wildman–Crippen LogP) is 3.51. The van der Waals surface area contributed by atoms with E-state index in [-0.39, 0.29) is 17.8 Å². The summed E-state index contributed by atoms with van der Waals surface area (Å²) in [6, 6.07) is 10.0. The number of carbonyl (C=O) groups excluding carboxylic acids is 1. The van der Waals surface area contributed by atoms with E-state index in [2.05, 4.69) is 20.9 Å². The number of likely N-dealkylation sites (tertiary alicyclic amines) is 1. The second kappa shape index (κ2) is 8.30. The van der Waals surface area contributed by atoms with Gasteiger partial charge in [-0.1, -0.05) is 12.8 Å². The Bertz CT molecular complexity index is 687. The Hall–Kier alpha value is -2.14. The fraction of sp³-hybridized carbons (Fsp3) is 0.450. The zero-order chi connectivity index (χ0) is 17.6. The van der Waals surface area contributed by atoms with Crippen LogP contribution in [0.2, 0.25) is 0 Å². The molecule has 1 atom stereocenters. The molecule has 1 aliphatic rings. The molecule has 1 aliphatic heterocycles. The van der Waals surface area contributed by atoms with Crippen LogP contribution in [0.5, 0.6) is 0 Å². The van der Waals surface area contributed by atoms with Crippen molar-refractivity contribution in [1.82, 2.24) is 14.8 Å². The Morgan fingerprint density at radius 1 is 1.12 bits per heavy atom. The van der Waals surface area contributed by atoms with Gasteiger partial charge in [-0.05, 0) is 62.3 Å². The maximum atomic E-state index is 13.0. The molecule has 1 aromatic heterocycles. The average molecular weight is 343 g/mol. The lowest BCUT2D eigenvalue weighted by Crippen LogP contribution is -2.39. The summed E-state index contributed by atoms with van der Waals surface area (Å²) < 4.78 is 15.2. The van der Waals surface area contributed by atoms with E-state index in [4.69, 9.17) is 0 Å². The number of aromatic nitrogens is 1. The van der Waals surface area contributed by atoms with E-state index in [9.17, 15) is 9.18 Å². The van der Waals surface area contributed by atoms with Gasteiger partial charge in [0.05, 0.1) is 6.04 Å². The standard InChI is InChI=1S/C20H26FN3O/c1-23-12-6-7-18(23)19(24-13-4-2-3-5-14-24)15-22-20(25)16-8-10-17(21)11-9-16/h6-12,19H,2-5,13-15H2,1H3,(H,22,25). The molecular formula is C20H26FN3O. The third-order valence-corrected chi connectivity index (χ3v) is 4.97. The summed E-state index contributed by atoms with van der Waals surface area (Å²) in [5.74, 6) is -0.489. The van der Waals surface area contributed by atoms with Gasteiger partial charge in [0.25, 0.3) is 5.91 Å². The highest BCUT2D eigenvalue weighted by atomic mass is 19.1. The minimum Gasteiger partial charge on any atom is -0.353 e. The molecule has 134 valence electrons. The van der Waals surface area contributed by atoms with Gasteiger partial charge in [0.2, 0.25) is 0 Å². The van der Waals surface area contributed by atoms with Crippen molar-refractivity contribution in [3.63, 3.8) is 0 Å². The zero-order valence-electron chi connectivity index (χ0n) is 14.7. The first-order valence-electron chi connectivity index (χ1n) is 9.04. The monoisotopic (exact) mass is 343 g/mol. The van der Waals surface area contributed by atoms with Crippen LogP contribution >= 0.6 is 0 Å². The quantitative estimate of drug-likeness (QED) is 0.902. The van der Waals surface area contributed by atoms with Crippen molar-refractivity contribution in [2.75, 3.05) is 19.6 Å². The van der Waals surface area contributed by atoms with E-state index in [1.165, 1.54) is 55.6 Å². The lowest BCUT2D eigenvalue weighted by atomic mass is 10.1. The van der Waals surface area contributed by atoms with Crippen molar-refractivity contribution in [1.29, 1.82) is 0 Å². The normalized spacial score (nSPS) is 17.0. The minimum atomic E-state index is -0.331. The number of nitrogens with one attached hydrogen (secondary N) is 1. The van der Waals surface area contributed by atoms with Crippen molar-refractivity contribution in [2.24, 2.45) is 7.05 Å². The highest BCUT2D eigenvalue weighted by Crippen LogP contribution is 2.24. The predicted molar refractivity (Wildman–Crippen MR) is 96.9 cm³/mol. The Morgan fingerprint density at radius 3 is 2.40 bits per heavy atom. The van der Waals surface area contributed by atoms with Crippen LogP contribution in [0.1, 0.15) is 47.8 Å². The van der Waals surface area contributed by atoms with Gasteiger partial charge >= 0.3 is 0 Å². The Balaban J connectivity index is 1.72. The average Bonchev–Trinajstić information content (AvgIpc) is 2.86. The number of nitrogens with zero attached hydrogens (tertiary/aromatic N) is 2. The van der Waals surface area contributed by atoms with Gasteiger partial charge < -0.3 is 9.88 Å². The first kappa shape index (κ1) is 17.7. The molecule has 0 radical (unpaired) electrons. The molecule has 1 fully saturated rings. The van der Waals surface area contributed by atoms with Gasteiger partial charge in [0.15, 0.2) is 0 Å². The molecule has 2 heterocycles. The summed E-state index contributed by atoms with van der Waals surface area (Å²) in [5, 5.41) is 3.04. The highest BCUT2D eigenvalue weighted by molar-refractivity contribution is 5.94. The summed E-state index contributed by atoms with van der Waals surface area (Å²) >= 11 is 0. The van der Waals surface area contributed by atoms with E-state index in [0.29, 0.717) is 12.1 Å². The molecule has 0 spiro atoms. The molecule has 0 aliphatic carbocycles. The maximum absolute atomic E-state index is 13.0. The van der Waals surface area contributed by atoms with Gasteiger partial charge in [-0.2, -0.15) is 0 Å². The lowest BCUT2D eigenvalue weighted by Gasteiger charge is -2.31. The summed E-state index contributed by atoms with van der Waals surface area (Å²) in [6.07, 6.45) is 7.00. The molecule has 1 N–H and O–H groups in total. The van der Waals surface area contributed by atoms with Crippen molar-refractivity contribution in [2.45, 2.75) is 31.7 Å². The number of rotatable bonds is 5. The van der Waals surface area contributed by atoms with Crippen molar-refractivity contribution >= 4 is 5.91 Å². The molecule has 3 rings (SSSR count). The third-order valence-electron chi connectivity index (χ3n) is 4.97. The Kier molecular flexibility index (Phi) is 5.87. The topological polar surface area (TPSA) is 37.3 Å². The highest BCUT2D eigenvalue weighted by Gasteiger charge is 2.24. The summed E-state index contributed by atoms with van der Waals surface area (Å²) in [4.78, 5) is 14.9. The number of halogens is 1. The van der Waals surface area contributed by atoms with Crippen LogP contribution in [0, 0.1) is 5.82 Å². The first-order chi connectivity index (χ1) is 12.1. The molecule has 0 bridgehead atoms. The molecule has 1 unspecified atom stereocenters. The largest absolute Gasteiger partial charge is 0.353 e. The summed E-state index contributed by atoms with van der Waals surface area (Å²) in [7, 11) is 2.04. The second-order valence-corrected chi connectivity index (χ2v) is 6.73. The van der Waals surface area contributed by atoms with Gasteiger partial charge in [0, 0.05) is 31.0 Å². The molecule has 1 saturated heterocycles. The van der Waals surface area contributed by atoms with E-state index in [1.807, 2.05) is 19.3 Å². The second-order valence-electron chi connectivity index (χ2n) is 6.73. The summed E-state index contributed by atoms with van der Waals surface area (Å²) in [6.45, 7) is 2.67. The molecular weight excluding hydrogens is 317 g/mol. The van der Waals surface area contributed by atoms with E-state index >= 15 is 0 Å². The zero-order valence-corrected chi connectivity index (χ0v) is 14.7. The van der Waals surface area contributed by atoms with Crippen LogP contribution in [-0.2, 0) is 7.05 Å². The first-order valence-corrected chi connectivity index (χ1v) is 9.04. The molecule has 2 aromatic rings. The van der Waals surface area contributed by atoms with Crippen LogP contribution in [-0.4, -0.2) is 35.0 Å². The molecule has 5 heteroatoms. The number of hydrogen-bond acceptors (Lipinski definition) is 2. The van der Waals surface area contributed by atoms with Gasteiger partial charge in [-0.3, -0.25) is 9.69 Å². The maximum Gasteiger partial charge on any atom is 0.251 e. The molecule has 1 amide bonds. The fourth-order valence-electron chi connectivity index (χ4n) is 3.54. The van der Waals surface area contributed by atoms with E-state index in [1.54, 1.807) is 0 Å². The summed E-state index contributed by atoms with van der Waals surface area (Å²) in [5.41, 5.74) is 1.70. The lowest BCUT2D eigenvalue weighted by molar-refractivity contribution is 0.0931. The third kappa shape index (κ3) is 4.48. The van der Waals surface area contributed by atoms with Crippen LogP contribution < -0.4 is 5.32 Å². The van der Waals surface area contributed by atoms with Crippen LogP contribution in [0.3, 0.4) is 0 Å². The van der Waals surface area contributed by atoms with Gasteiger partial charge in [-0.25, -0.2) is 4.39 Å². The van der Waals surface area contributed by atoms with Crippen LogP contribution in [0.15, 0.2) is 42.6 Å². The van der Waals surface area contributed by atoms with Crippen molar-refractivity contribution in [3.05, 3.63) is 59.7 Å². The minimum absolute atomic E-state index is 0.155. The molecule has 25 heavy (non-hydrogen) atoms. The fourth-order valence-corrected chi connectivity index (χ4v) is 3.54. The van der Waals surface area contributed by atoms with Gasteiger partial charge in [-0.15, -0.1) is 0 Å². The van der Waals surface area contributed by atoms with E-state index < -0.39 is 0 Å². The van der Waals surface area contributed by atoms with Crippen molar-refractivity contribution in [3.8, 4) is 0 Å². The van der Waals surface area contributed by atoms with Crippen LogP contribution in [0.4, 0.5) is 4.39 Å². The molecule has 0 saturated carbocycles. The number of aryl methyl sites for hydroxylation is 1. The number of amides is 1. The molecule has 1 aromatic carbocycles. The van der Waals surface area contributed by atoms with E-state index in [0.717, 1.165) is 13.1 Å². The number of carbonyl (C=O) groups is 1. The Labute approximate surface area is 148 Å².